The topological polar surface area (TPSA) is 49.3 Å². The van der Waals surface area contributed by atoms with Crippen LogP contribution < -0.4 is 5.32 Å². The summed E-state index contributed by atoms with van der Waals surface area (Å²) >= 11 is 0. The Kier molecular flexibility index (Phi) is 5.12. The summed E-state index contributed by atoms with van der Waals surface area (Å²) in [6.45, 7) is 4.37. The fourth-order valence-corrected chi connectivity index (χ4v) is 2.28. The number of carboxylic acids is 1. The first-order chi connectivity index (χ1) is 10.1. The Morgan fingerprint density at radius 2 is 1.57 bits per heavy atom. The monoisotopic (exact) mass is 283 g/mol. The zero-order valence-electron chi connectivity index (χ0n) is 12.4. The zero-order valence-corrected chi connectivity index (χ0v) is 12.4. The maximum atomic E-state index is 11.1. The summed E-state index contributed by atoms with van der Waals surface area (Å²) in [7, 11) is 0. The molecule has 0 spiro atoms. The van der Waals surface area contributed by atoms with E-state index in [1.807, 2.05) is 44.2 Å². The van der Waals surface area contributed by atoms with E-state index in [-0.39, 0.29) is 5.92 Å². The van der Waals surface area contributed by atoms with Crippen LogP contribution in [0.2, 0.25) is 0 Å². The third-order valence-corrected chi connectivity index (χ3v) is 3.52. The Balaban J connectivity index is 2.01. The number of aliphatic carboxylic acids is 1. The second-order valence-corrected chi connectivity index (χ2v) is 5.50. The highest BCUT2D eigenvalue weighted by Crippen LogP contribution is 2.19. The molecule has 0 aliphatic rings. The predicted octanol–water partition coefficient (Wildman–Crippen LogP) is 3.55. The lowest BCUT2D eigenvalue weighted by molar-refractivity contribution is -0.140. The van der Waals surface area contributed by atoms with E-state index in [0.29, 0.717) is 6.54 Å². The van der Waals surface area contributed by atoms with Crippen LogP contribution in [0.3, 0.4) is 0 Å². The normalized spacial score (nSPS) is 12.3. The Hall–Kier alpha value is -2.13. The number of benzene rings is 2. The molecule has 0 radical (unpaired) electrons. The standard InChI is InChI=1S/C18H21NO2/c1-13(2)17(18(20)21)19-12-14-8-10-16(11-9-14)15-6-4-3-5-7-15/h3-11,13,17,19H,12H2,1-2H3,(H,20,21)/t17-/m1/s1. The molecule has 0 amide bonds. The lowest BCUT2D eigenvalue weighted by atomic mass is 10.0. The molecule has 0 aliphatic heterocycles. The van der Waals surface area contributed by atoms with Gasteiger partial charge in [-0.05, 0) is 22.6 Å². The maximum absolute atomic E-state index is 11.1. The quantitative estimate of drug-likeness (QED) is 0.852. The number of hydrogen-bond acceptors (Lipinski definition) is 2. The summed E-state index contributed by atoms with van der Waals surface area (Å²) in [6, 6.07) is 17.9. The molecule has 0 aromatic heterocycles. The predicted molar refractivity (Wildman–Crippen MR) is 85.0 cm³/mol. The van der Waals surface area contributed by atoms with Crippen molar-refractivity contribution in [3.05, 3.63) is 60.2 Å². The van der Waals surface area contributed by atoms with Crippen LogP contribution >= 0.6 is 0 Å². The van der Waals surface area contributed by atoms with E-state index in [1.165, 1.54) is 5.56 Å². The molecular weight excluding hydrogens is 262 g/mol. The van der Waals surface area contributed by atoms with Gasteiger partial charge in [-0.15, -0.1) is 0 Å². The first-order valence-corrected chi connectivity index (χ1v) is 7.18. The van der Waals surface area contributed by atoms with Gasteiger partial charge in [-0.25, -0.2) is 0 Å². The number of nitrogens with one attached hydrogen (secondary N) is 1. The van der Waals surface area contributed by atoms with Crippen molar-refractivity contribution in [3.8, 4) is 11.1 Å². The molecule has 110 valence electrons. The van der Waals surface area contributed by atoms with Crippen LogP contribution in [0.5, 0.6) is 0 Å². The Bertz CT molecular complexity index is 576. The minimum Gasteiger partial charge on any atom is -0.480 e. The van der Waals surface area contributed by atoms with Gasteiger partial charge in [-0.1, -0.05) is 68.4 Å². The molecule has 2 aromatic carbocycles. The highest BCUT2D eigenvalue weighted by Gasteiger charge is 2.20. The van der Waals surface area contributed by atoms with Crippen LogP contribution in [0.1, 0.15) is 19.4 Å². The van der Waals surface area contributed by atoms with Gasteiger partial charge in [0.1, 0.15) is 6.04 Å². The molecule has 0 aliphatic carbocycles. The summed E-state index contributed by atoms with van der Waals surface area (Å²) in [6.07, 6.45) is 0. The second-order valence-electron chi connectivity index (χ2n) is 5.50. The summed E-state index contributed by atoms with van der Waals surface area (Å²) in [5, 5.41) is 12.2. The van der Waals surface area contributed by atoms with E-state index in [0.717, 1.165) is 11.1 Å². The molecule has 0 fully saturated rings. The number of carboxylic acid groups (broad SMARTS) is 1. The van der Waals surface area contributed by atoms with Gasteiger partial charge in [-0.3, -0.25) is 4.79 Å². The van der Waals surface area contributed by atoms with Crippen molar-refractivity contribution in [1.82, 2.24) is 5.32 Å². The summed E-state index contributed by atoms with van der Waals surface area (Å²) in [5.74, 6) is -0.739. The van der Waals surface area contributed by atoms with Gasteiger partial charge in [0, 0.05) is 6.54 Å². The first kappa shape index (κ1) is 15.3. The van der Waals surface area contributed by atoms with Gasteiger partial charge in [-0.2, -0.15) is 0 Å². The van der Waals surface area contributed by atoms with E-state index in [9.17, 15) is 4.79 Å². The van der Waals surface area contributed by atoms with Gasteiger partial charge in [0.15, 0.2) is 0 Å². The average Bonchev–Trinajstić information content (AvgIpc) is 2.48. The van der Waals surface area contributed by atoms with Crippen LogP contribution in [0.15, 0.2) is 54.6 Å². The molecule has 0 bridgehead atoms. The highest BCUT2D eigenvalue weighted by atomic mass is 16.4. The number of carbonyl (C=O) groups is 1. The molecule has 3 nitrogen and oxygen atoms in total. The fourth-order valence-electron chi connectivity index (χ4n) is 2.28. The minimum atomic E-state index is -0.800. The van der Waals surface area contributed by atoms with Crippen molar-refractivity contribution in [2.75, 3.05) is 0 Å². The molecule has 1 atom stereocenters. The molecule has 3 heteroatoms. The summed E-state index contributed by atoms with van der Waals surface area (Å²) in [5.41, 5.74) is 3.43. The van der Waals surface area contributed by atoms with E-state index >= 15 is 0 Å². The lowest BCUT2D eigenvalue weighted by Crippen LogP contribution is -2.40. The zero-order chi connectivity index (χ0) is 15.2. The van der Waals surface area contributed by atoms with Crippen LogP contribution in [-0.2, 0) is 11.3 Å². The molecule has 2 N–H and O–H groups in total. The molecule has 0 saturated heterocycles. The highest BCUT2D eigenvalue weighted by molar-refractivity contribution is 5.73. The molecule has 2 rings (SSSR count). The van der Waals surface area contributed by atoms with Crippen molar-refractivity contribution in [3.63, 3.8) is 0 Å². The second kappa shape index (κ2) is 7.04. The van der Waals surface area contributed by atoms with Crippen molar-refractivity contribution in [2.24, 2.45) is 5.92 Å². The minimum absolute atomic E-state index is 0.0612. The average molecular weight is 283 g/mol. The fraction of sp³-hybridized carbons (Fsp3) is 0.278. The molecule has 2 aromatic rings. The van der Waals surface area contributed by atoms with E-state index < -0.39 is 12.0 Å². The van der Waals surface area contributed by atoms with Crippen LogP contribution in [0, 0.1) is 5.92 Å². The number of rotatable bonds is 6. The van der Waals surface area contributed by atoms with Gasteiger partial charge in [0.05, 0.1) is 0 Å². The van der Waals surface area contributed by atoms with Gasteiger partial charge in [0.2, 0.25) is 0 Å². The third-order valence-electron chi connectivity index (χ3n) is 3.52. The van der Waals surface area contributed by atoms with Crippen LogP contribution in [0.4, 0.5) is 0 Å². The van der Waals surface area contributed by atoms with Crippen molar-refractivity contribution >= 4 is 5.97 Å². The summed E-state index contributed by atoms with van der Waals surface area (Å²) < 4.78 is 0. The van der Waals surface area contributed by atoms with Crippen molar-refractivity contribution in [2.45, 2.75) is 26.4 Å². The van der Waals surface area contributed by atoms with Gasteiger partial charge >= 0.3 is 5.97 Å². The van der Waals surface area contributed by atoms with Crippen LogP contribution in [0.25, 0.3) is 11.1 Å². The SMILES string of the molecule is CC(C)[C@@H](NCc1ccc(-c2ccccc2)cc1)C(=O)O. The lowest BCUT2D eigenvalue weighted by Gasteiger charge is -2.18. The van der Waals surface area contributed by atoms with Crippen LogP contribution in [-0.4, -0.2) is 17.1 Å². The molecular formula is C18H21NO2. The van der Waals surface area contributed by atoms with E-state index in [4.69, 9.17) is 5.11 Å². The third kappa shape index (κ3) is 4.17. The van der Waals surface area contributed by atoms with Gasteiger partial charge in [0.25, 0.3) is 0 Å². The van der Waals surface area contributed by atoms with Gasteiger partial charge < -0.3 is 10.4 Å². The Morgan fingerprint density at radius 1 is 1.00 bits per heavy atom. The molecule has 0 saturated carbocycles. The number of hydrogen-bond donors (Lipinski definition) is 2. The largest absolute Gasteiger partial charge is 0.480 e. The molecule has 0 heterocycles. The van der Waals surface area contributed by atoms with E-state index in [2.05, 4.69) is 29.6 Å². The summed E-state index contributed by atoms with van der Waals surface area (Å²) in [4.78, 5) is 11.1. The molecule has 0 unspecified atom stereocenters. The van der Waals surface area contributed by atoms with Crippen molar-refractivity contribution < 1.29 is 9.90 Å². The molecule has 21 heavy (non-hydrogen) atoms. The first-order valence-electron chi connectivity index (χ1n) is 7.18. The van der Waals surface area contributed by atoms with E-state index in [1.54, 1.807) is 0 Å². The van der Waals surface area contributed by atoms with Crippen molar-refractivity contribution in [1.29, 1.82) is 0 Å². The Morgan fingerprint density at radius 3 is 2.10 bits per heavy atom. The Labute approximate surface area is 125 Å². The smallest absolute Gasteiger partial charge is 0.320 e. The maximum Gasteiger partial charge on any atom is 0.320 e.